The summed E-state index contributed by atoms with van der Waals surface area (Å²) in [4.78, 5) is 0. The van der Waals surface area contributed by atoms with Crippen molar-refractivity contribution in [2.24, 2.45) is 5.41 Å². The highest BCUT2D eigenvalue weighted by Gasteiger charge is 2.08. The van der Waals surface area contributed by atoms with E-state index >= 15 is 0 Å². The molecule has 0 heterocycles. The van der Waals surface area contributed by atoms with E-state index in [1.165, 1.54) is 6.42 Å². The summed E-state index contributed by atoms with van der Waals surface area (Å²) in [5.41, 5.74) is 3.42. The number of rotatable bonds is 2. The van der Waals surface area contributed by atoms with Crippen molar-refractivity contribution in [1.82, 2.24) is 0 Å². The van der Waals surface area contributed by atoms with Gasteiger partial charge in [0, 0.05) is 0 Å². The Bertz CT molecular complexity index is 123. The molecule has 0 aromatic heterocycles. The third kappa shape index (κ3) is 4.05. The zero-order valence-corrected chi connectivity index (χ0v) is 6.86. The van der Waals surface area contributed by atoms with Gasteiger partial charge in [-0.3, -0.25) is 0 Å². The van der Waals surface area contributed by atoms with Crippen LogP contribution in [0.4, 0.5) is 0 Å². The van der Waals surface area contributed by atoms with E-state index in [-0.39, 0.29) is 0 Å². The van der Waals surface area contributed by atoms with Crippen molar-refractivity contribution >= 4 is 0 Å². The van der Waals surface area contributed by atoms with Crippen LogP contribution >= 0.6 is 0 Å². The monoisotopic (exact) mass is 124 g/mol. The van der Waals surface area contributed by atoms with Crippen LogP contribution in [0, 0.1) is 5.41 Å². The summed E-state index contributed by atoms with van der Waals surface area (Å²) in [6.07, 6.45) is 5.23. The highest BCUT2D eigenvalue weighted by atomic mass is 14.1. The van der Waals surface area contributed by atoms with E-state index in [2.05, 4.69) is 32.6 Å². The Kier molecular flexibility index (Phi) is 3.34. The second kappa shape index (κ2) is 3.53. The van der Waals surface area contributed by atoms with Gasteiger partial charge >= 0.3 is 0 Å². The van der Waals surface area contributed by atoms with Crippen LogP contribution in [0.2, 0.25) is 0 Å². The maximum absolute atomic E-state index is 3.09. The maximum atomic E-state index is 3.09. The molecule has 0 aliphatic carbocycles. The van der Waals surface area contributed by atoms with E-state index < -0.39 is 0 Å². The van der Waals surface area contributed by atoms with Crippen LogP contribution in [-0.4, -0.2) is 0 Å². The molecule has 0 aliphatic rings. The van der Waals surface area contributed by atoms with Crippen LogP contribution in [0.1, 0.15) is 34.1 Å². The van der Waals surface area contributed by atoms with E-state index in [0.29, 0.717) is 5.41 Å². The molecule has 9 heavy (non-hydrogen) atoms. The van der Waals surface area contributed by atoms with Gasteiger partial charge in [-0.15, -0.1) is 5.73 Å². The van der Waals surface area contributed by atoms with Crippen molar-refractivity contribution in [3.63, 3.8) is 0 Å². The smallest absolute Gasteiger partial charge is 0.0102 e. The standard InChI is InChI=1S/C9H16/c1-5-7-8-9(3,4)6-2/h5,8H,6H2,1-4H3. The molecular weight excluding hydrogens is 108 g/mol. The predicted octanol–water partition coefficient (Wildman–Crippen LogP) is 3.15. The second-order valence-electron chi connectivity index (χ2n) is 2.94. The molecule has 0 saturated carbocycles. The Hall–Kier alpha value is -0.480. The molecule has 0 fully saturated rings. The van der Waals surface area contributed by atoms with Crippen molar-refractivity contribution in [1.29, 1.82) is 0 Å². The molecule has 0 bridgehead atoms. The molecule has 0 aliphatic heterocycles. The Morgan fingerprint density at radius 3 is 2.33 bits per heavy atom. The molecule has 0 aromatic rings. The lowest BCUT2D eigenvalue weighted by Crippen LogP contribution is -2.03. The summed E-state index contributed by atoms with van der Waals surface area (Å²) in [5.74, 6) is 0. The van der Waals surface area contributed by atoms with E-state index in [4.69, 9.17) is 0 Å². The van der Waals surface area contributed by atoms with Gasteiger partial charge in [-0.1, -0.05) is 20.8 Å². The molecule has 0 amide bonds. The Morgan fingerprint density at radius 1 is 1.44 bits per heavy atom. The first kappa shape index (κ1) is 8.52. The molecule has 0 aromatic carbocycles. The van der Waals surface area contributed by atoms with Gasteiger partial charge in [-0.05, 0) is 30.9 Å². The molecule has 0 heteroatoms. The third-order valence-corrected chi connectivity index (χ3v) is 1.55. The number of hydrogen-bond acceptors (Lipinski definition) is 0. The first-order chi connectivity index (χ1) is 4.12. The van der Waals surface area contributed by atoms with E-state index in [0.717, 1.165) is 0 Å². The lowest BCUT2D eigenvalue weighted by molar-refractivity contribution is 0.463. The summed E-state index contributed by atoms with van der Waals surface area (Å²) in [6.45, 7) is 8.60. The van der Waals surface area contributed by atoms with Gasteiger partial charge in [0.15, 0.2) is 0 Å². The summed E-state index contributed by atoms with van der Waals surface area (Å²) >= 11 is 0. The summed E-state index contributed by atoms with van der Waals surface area (Å²) in [6, 6.07) is 0. The minimum Gasteiger partial charge on any atom is -0.129 e. The first-order valence-corrected chi connectivity index (χ1v) is 3.50. The highest BCUT2D eigenvalue weighted by molar-refractivity contribution is 4.93. The van der Waals surface area contributed by atoms with Gasteiger partial charge in [0.1, 0.15) is 0 Å². The van der Waals surface area contributed by atoms with Crippen molar-refractivity contribution in [3.8, 4) is 0 Å². The average Bonchev–Trinajstić information content (AvgIpc) is 1.84. The lowest BCUT2D eigenvalue weighted by Gasteiger charge is -2.14. The fraction of sp³-hybridized carbons (Fsp3) is 0.667. The zero-order valence-electron chi connectivity index (χ0n) is 6.86. The third-order valence-electron chi connectivity index (χ3n) is 1.55. The molecular formula is C9H16. The Labute approximate surface area is 58.3 Å². The van der Waals surface area contributed by atoms with Crippen LogP contribution in [0.15, 0.2) is 17.9 Å². The SMILES string of the molecule is CC=C=CC(C)(C)CC. The summed E-state index contributed by atoms with van der Waals surface area (Å²) in [5, 5.41) is 0. The Morgan fingerprint density at radius 2 is 2.00 bits per heavy atom. The van der Waals surface area contributed by atoms with Crippen LogP contribution in [0.25, 0.3) is 0 Å². The molecule has 0 atom stereocenters. The van der Waals surface area contributed by atoms with Crippen LogP contribution in [0.3, 0.4) is 0 Å². The molecule has 0 saturated heterocycles. The van der Waals surface area contributed by atoms with Crippen molar-refractivity contribution in [2.45, 2.75) is 34.1 Å². The van der Waals surface area contributed by atoms with Gasteiger partial charge < -0.3 is 0 Å². The quantitative estimate of drug-likeness (QED) is 0.496. The van der Waals surface area contributed by atoms with E-state index in [1.807, 2.05) is 13.0 Å². The molecule has 0 nitrogen and oxygen atoms in total. The van der Waals surface area contributed by atoms with Crippen LogP contribution in [-0.2, 0) is 0 Å². The van der Waals surface area contributed by atoms with E-state index in [9.17, 15) is 0 Å². The number of hydrogen-bond donors (Lipinski definition) is 0. The second-order valence-corrected chi connectivity index (χ2v) is 2.94. The first-order valence-electron chi connectivity index (χ1n) is 3.50. The molecule has 0 N–H and O–H groups in total. The van der Waals surface area contributed by atoms with Gasteiger partial charge in [0.05, 0.1) is 0 Å². The minimum absolute atomic E-state index is 0.326. The molecule has 52 valence electrons. The zero-order chi connectivity index (χ0) is 7.33. The predicted molar refractivity (Wildman–Crippen MR) is 42.4 cm³/mol. The Balaban J connectivity index is 4.01. The van der Waals surface area contributed by atoms with Crippen molar-refractivity contribution in [2.75, 3.05) is 0 Å². The van der Waals surface area contributed by atoms with Crippen LogP contribution < -0.4 is 0 Å². The molecule has 0 spiro atoms. The summed E-state index contributed by atoms with van der Waals surface area (Å²) < 4.78 is 0. The van der Waals surface area contributed by atoms with Crippen molar-refractivity contribution in [3.05, 3.63) is 17.9 Å². The van der Waals surface area contributed by atoms with Crippen LogP contribution in [0.5, 0.6) is 0 Å². The van der Waals surface area contributed by atoms with Gasteiger partial charge in [0.2, 0.25) is 0 Å². The highest BCUT2D eigenvalue weighted by Crippen LogP contribution is 2.19. The largest absolute Gasteiger partial charge is 0.129 e. The molecule has 0 radical (unpaired) electrons. The fourth-order valence-corrected chi connectivity index (χ4v) is 0.411. The molecule has 0 unspecified atom stereocenters. The fourth-order valence-electron chi connectivity index (χ4n) is 0.411. The average molecular weight is 124 g/mol. The van der Waals surface area contributed by atoms with Gasteiger partial charge in [-0.2, -0.15) is 0 Å². The van der Waals surface area contributed by atoms with Gasteiger partial charge in [-0.25, -0.2) is 0 Å². The maximum Gasteiger partial charge on any atom is -0.0102 e. The molecule has 0 rings (SSSR count). The van der Waals surface area contributed by atoms with Crippen molar-refractivity contribution < 1.29 is 0 Å². The van der Waals surface area contributed by atoms with Gasteiger partial charge in [0.25, 0.3) is 0 Å². The summed E-state index contributed by atoms with van der Waals surface area (Å²) in [7, 11) is 0. The minimum atomic E-state index is 0.326. The normalized spacial score (nSPS) is 10.2. The lowest BCUT2D eigenvalue weighted by atomic mass is 9.90. The van der Waals surface area contributed by atoms with E-state index in [1.54, 1.807) is 0 Å². The number of allylic oxidation sites excluding steroid dienone is 1. The topological polar surface area (TPSA) is 0 Å².